The fraction of sp³-hybridized carbons (Fsp3) is 0.500. The number of nitrogens with one attached hydrogen (secondary N) is 2. The van der Waals surface area contributed by atoms with E-state index in [1.165, 1.54) is 12.8 Å². The second kappa shape index (κ2) is 6.41. The van der Waals surface area contributed by atoms with E-state index in [2.05, 4.69) is 21.4 Å². The first-order valence-corrected chi connectivity index (χ1v) is 7.80. The number of aromatic nitrogens is 2. The number of fused-ring (bicyclic) bond motifs is 1. The molecule has 19 heavy (non-hydrogen) atoms. The Hall–Kier alpha value is -1.04. The molecule has 1 aliphatic rings. The zero-order valence-electron chi connectivity index (χ0n) is 10.9. The molecule has 0 saturated carbocycles. The Morgan fingerprint density at radius 1 is 1.42 bits per heavy atom. The van der Waals surface area contributed by atoms with Gasteiger partial charge in [-0.1, -0.05) is 23.9 Å². The number of hydrogen-bond acceptors (Lipinski definition) is 4. The highest BCUT2D eigenvalue weighted by atomic mass is 32.2. The van der Waals surface area contributed by atoms with Crippen molar-refractivity contribution in [3.63, 3.8) is 0 Å². The molecular formula is C14H19N3OS. The summed E-state index contributed by atoms with van der Waals surface area (Å²) in [6.45, 7) is 2.89. The van der Waals surface area contributed by atoms with Crippen LogP contribution in [0.4, 0.5) is 0 Å². The molecule has 0 radical (unpaired) electrons. The average molecular weight is 277 g/mol. The summed E-state index contributed by atoms with van der Waals surface area (Å²) in [6, 6.07) is 8.13. The second-order valence-electron chi connectivity index (χ2n) is 4.75. The van der Waals surface area contributed by atoms with Crippen molar-refractivity contribution in [3.05, 3.63) is 24.3 Å². The van der Waals surface area contributed by atoms with Crippen molar-refractivity contribution in [2.45, 2.75) is 24.1 Å². The minimum Gasteiger partial charge on any atom is -0.377 e. The van der Waals surface area contributed by atoms with E-state index in [-0.39, 0.29) is 0 Å². The number of H-pyrrole nitrogens is 1. The Morgan fingerprint density at radius 2 is 2.37 bits per heavy atom. The van der Waals surface area contributed by atoms with E-state index in [4.69, 9.17) is 4.74 Å². The fourth-order valence-corrected chi connectivity index (χ4v) is 3.07. The van der Waals surface area contributed by atoms with E-state index >= 15 is 0 Å². The van der Waals surface area contributed by atoms with E-state index in [1.807, 2.05) is 18.2 Å². The Balaban J connectivity index is 1.39. The van der Waals surface area contributed by atoms with Crippen LogP contribution in [0.15, 0.2) is 29.4 Å². The van der Waals surface area contributed by atoms with Crippen molar-refractivity contribution in [3.8, 4) is 0 Å². The SMILES string of the molecule is c1ccc2[nH]c(SCCNCC3CCCO3)nc2c1. The molecule has 0 bridgehead atoms. The maximum absolute atomic E-state index is 5.57. The maximum Gasteiger partial charge on any atom is 0.166 e. The molecule has 1 fully saturated rings. The molecule has 1 aliphatic heterocycles. The lowest BCUT2D eigenvalue weighted by Gasteiger charge is -2.09. The van der Waals surface area contributed by atoms with Gasteiger partial charge >= 0.3 is 0 Å². The van der Waals surface area contributed by atoms with Gasteiger partial charge in [-0.3, -0.25) is 0 Å². The first kappa shape index (κ1) is 13.0. The first-order valence-electron chi connectivity index (χ1n) is 6.82. The first-order chi connectivity index (χ1) is 9.42. The van der Waals surface area contributed by atoms with Crippen LogP contribution in [0.5, 0.6) is 0 Å². The quantitative estimate of drug-likeness (QED) is 0.629. The molecule has 3 rings (SSSR count). The number of thioether (sulfide) groups is 1. The summed E-state index contributed by atoms with van der Waals surface area (Å²) >= 11 is 1.76. The zero-order chi connectivity index (χ0) is 12.9. The summed E-state index contributed by atoms with van der Waals surface area (Å²) in [5.74, 6) is 1.02. The molecule has 1 aromatic carbocycles. The summed E-state index contributed by atoms with van der Waals surface area (Å²) in [4.78, 5) is 7.87. The van der Waals surface area contributed by atoms with Gasteiger partial charge in [-0.05, 0) is 25.0 Å². The number of hydrogen-bond donors (Lipinski definition) is 2. The lowest BCUT2D eigenvalue weighted by atomic mass is 10.2. The van der Waals surface area contributed by atoms with Gasteiger partial charge < -0.3 is 15.0 Å². The van der Waals surface area contributed by atoms with Crippen LogP contribution in [0.25, 0.3) is 11.0 Å². The number of imidazole rings is 1. The van der Waals surface area contributed by atoms with Crippen molar-refractivity contribution >= 4 is 22.8 Å². The van der Waals surface area contributed by atoms with Crippen LogP contribution in [0.1, 0.15) is 12.8 Å². The molecule has 0 amide bonds. The molecule has 0 spiro atoms. The van der Waals surface area contributed by atoms with Crippen LogP contribution in [-0.4, -0.2) is 41.5 Å². The Kier molecular flexibility index (Phi) is 4.37. The van der Waals surface area contributed by atoms with Crippen molar-refractivity contribution in [1.29, 1.82) is 0 Å². The van der Waals surface area contributed by atoms with E-state index in [9.17, 15) is 0 Å². The summed E-state index contributed by atoms with van der Waals surface area (Å²) in [5, 5.41) is 4.44. The van der Waals surface area contributed by atoms with Crippen LogP contribution in [0, 0.1) is 0 Å². The van der Waals surface area contributed by atoms with Crippen LogP contribution in [0.2, 0.25) is 0 Å². The largest absolute Gasteiger partial charge is 0.377 e. The minimum atomic E-state index is 0.427. The van der Waals surface area contributed by atoms with Gasteiger partial charge in [-0.25, -0.2) is 4.98 Å². The molecule has 1 saturated heterocycles. The van der Waals surface area contributed by atoms with E-state index in [0.29, 0.717) is 6.10 Å². The van der Waals surface area contributed by atoms with Gasteiger partial charge in [0.2, 0.25) is 0 Å². The van der Waals surface area contributed by atoms with E-state index in [1.54, 1.807) is 11.8 Å². The molecular weight excluding hydrogens is 258 g/mol. The molecule has 1 unspecified atom stereocenters. The summed E-state index contributed by atoms with van der Waals surface area (Å²) in [5.41, 5.74) is 2.15. The van der Waals surface area contributed by atoms with Crippen LogP contribution >= 0.6 is 11.8 Å². The number of aromatic amines is 1. The summed E-state index contributed by atoms with van der Waals surface area (Å²) in [6.07, 6.45) is 2.83. The summed E-state index contributed by atoms with van der Waals surface area (Å²) < 4.78 is 5.57. The van der Waals surface area contributed by atoms with Crippen molar-refractivity contribution in [1.82, 2.24) is 15.3 Å². The van der Waals surface area contributed by atoms with E-state index in [0.717, 1.165) is 41.6 Å². The molecule has 4 nitrogen and oxygen atoms in total. The minimum absolute atomic E-state index is 0.427. The van der Waals surface area contributed by atoms with Crippen LogP contribution in [-0.2, 0) is 4.74 Å². The van der Waals surface area contributed by atoms with Gasteiger partial charge in [0.25, 0.3) is 0 Å². The monoisotopic (exact) mass is 277 g/mol. The van der Waals surface area contributed by atoms with Gasteiger partial charge in [0.05, 0.1) is 17.1 Å². The number of para-hydroxylation sites is 2. The van der Waals surface area contributed by atoms with Crippen molar-refractivity contribution in [2.75, 3.05) is 25.4 Å². The molecule has 2 heterocycles. The molecule has 1 atom stereocenters. The predicted molar refractivity (Wildman–Crippen MR) is 78.7 cm³/mol. The summed E-state index contributed by atoms with van der Waals surface area (Å²) in [7, 11) is 0. The lowest BCUT2D eigenvalue weighted by Crippen LogP contribution is -2.27. The van der Waals surface area contributed by atoms with Crippen molar-refractivity contribution < 1.29 is 4.74 Å². The molecule has 0 aliphatic carbocycles. The highest BCUT2D eigenvalue weighted by Gasteiger charge is 2.14. The van der Waals surface area contributed by atoms with Crippen LogP contribution < -0.4 is 5.32 Å². The number of benzene rings is 1. The van der Waals surface area contributed by atoms with E-state index < -0.39 is 0 Å². The molecule has 2 aromatic rings. The predicted octanol–water partition coefficient (Wildman–Crippen LogP) is 2.42. The van der Waals surface area contributed by atoms with Crippen molar-refractivity contribution in [2.24, 2.45) is 0 Å². The maximum atomic E-state index is 5.57. The normalized spacial score (nSPS) is 19.3. The molecule has 102 valence electrons. The lowest BCUT2D eigenvalue weighted by molar-refractivity contribution is 0.110. The number of ether oxygens (including phenoxy) is 1. The van der Waals surface area contributed by atoms with Gasteiger partial charge in [0, 0.05) is 25.4 Å². The Labute approximate surface area is 117 Å². The zero-order valence-corrected chi connectivity index (χ0v) is 11.7. The third-order valence-electron chi connectivity index (χ3n) is 3.28. The van der Waals surface area contributed by atoms with Gasteiger partial charge in [-0.2, -0.15) is 0 Å². The third kappa shape index (κ3) is 3.49. The highest BCUT2D eigenvalue weighted by Crippen LogP contribution is 2.18. The highest BCUT2D eigenvalue weighted by molar-refractivity contribution is 7.99. The smallest absolute Gasteiger partial charge is 0.166 e. The molecule has 2 N–H and O–H groups in total. The molecule has 5 heteroatoms. The molecule has 1 aromatic heterocycles. The Morgan fingerprint density at radius 3 is 3.21 bits per heavy atom. The fourth-order valence-electron chi connectivity index (χ4n) is 2.29. The number of rotatable bonds is 6. The Bertz CT molecular complexity index is 489. The number of nitrogens with zero attached hydrogens (tertiary/aromatic N) is 1. The standard InChI is InChI=1S/C14H19N3OS/c1-2-6-13-12(5-1)16-14(17-13)19-9-7-15-10-11-4-3-8-18-11/h1-2,5-6,11,15H,3-4,7-10H2,(H,16,17). The topological polar surface area (TPSA) is 49.9 Å². The second-order valence-corrected chi connectivity index (χ2v) is 5.83. The van der Waals surface area contributed by atoms with Gasteiger partial charge in [-0.15, -0.1) is 0 Å². The van der Waals surface area contributed by atoms with Crippen LogP contribution in [0.3, 0.4) is 0 Å². The third-order valence-corrected chi connectivity index (χ3v) is 4.16. The van der Waals surface area contributed by atoms with Gasteiger partial charge in [0.1, 0.15) is 0 Å². The average Bonchev–Trinajstić information content (AvgIpc) is 3.06. The van der Waals surface area contributed by atoms with Gasteiger partial charge in [0.15, 0.2) is 5.16 Å².